The molecule has 1 N–H and O–H groups in total. The van der Waals surface area contributed by atoms with Crippen molar-refractivity contribution in [2.24, 2.45) is 0 Å². The number of hydrogen-bond donors (Lipinski definition) is 1. The summed E-state index contributed by atoms with van der Waals surface area (Å²) in [7, 11) is 2.00. The van der Waals surface area contributed by atoms with Crippen molar-refractivity contribution in [1.29, 1.82) is 0 Å². The first kappa shape index (κ1) is 16.6. The van der Waals surface area contributed by atoms with E-state index in [9.17, 15) is 9.59 Å². The van der Waals surface area contributed by atoms with E-state index in [2.05, 4.69) is 17.1 Å². The standard InChI is InChI=1S/C21H23N3O2/c1-3-14-6-9-16(10-7-14)22-20(25)15-8-11-17-18(13-15)23(2)19-5-4-12-24(19)21(17)26/h6-11,13,19H,3-5,12H2,1-2H3,(H,22,25)/t19-/m0/s1. The predicted octanol–water partition coefficient (Wildman–Crippen LogP) is 3.51. The number of fused-ring (bicyclic) bond motifs is 2. The van der Waals surface area contributed by atoms with Gasteiger partial charge in [-0.05, 0) is 55.2 Å². The molecule has 0 radical (unpaired) electrons. The van der Waals surface area contributed by atoms with E-state index in [0.29, 0.717) is 11.1 Å². The molecule has 2 amide bonds. The van der Waals surface area contributed by atoms with Crippen LogP contribution in [0.25, 0.3) is 0 Å². The Labute approximate surface area is 153 Å². The average molecular weight is 349 g/mol. The first-order valence-corrected chi connectivity index (χ1v) is 9.16. The molecule has 1 atom stereocenters. The molecule has 2 aliphatic heterocycles. The zero-order valence-corrected chi connectivity index (χ0v) is 15.2. The summed E-state index contributed by atoms with van der Waals surface area (Å²) in [6.45, 7) is 2.91. The topological polar surface area (TPSA) is 52.7 Å². The molecular formula is C21H23N3O2. The van der Waals surface area contributed by atoms with Gasteiger partial charge in [-0.25, -0.2) is 0 Å². The van der Waals surface area contributed by atoms with Gasteiger partial charge in [0.15, 0.2) is 0 Å². The molecule has 2 aliphatic rings. The van der Waals surface area contributed by atoms with Crippen LogP contribution in [0.2, 0.25) is 0 Å². The van der Waals surface area contributed by atoms with Gasteiger partial charge in [-0.3, -0.25) is 9.59 Å². The number of anilines is 2. The first-order valence-electron chi connectivity index (χ1n) is 9.16. The highest BCUT2D eigenvalue weighted by Gasteiger charge is 2.38. The van der Waals surface area contributed by atoms with Crippen molar-refractivity contribution in [3.8, 4) is 0 Å². The normalized spacial score (nSPS) is 18.5. The van der Waals surface area contributed by atoms with E-state index in [1.165, 1.54) is 5.56 Å². The average Bonchev–Trinajstić information content (AvgIpc) is 3.16. The fourth-order valence-electron chi connectivity index (χ4n) is 3.88. The van der Waals surface area contributed by atoms with Crippen LogP contribution in [-0.4, -0.2) is 36.5 Å². The third kappa shape index (κ3) is 2.73. The quantitative estimate of drug-likeness (QED) is 0.922. The van der Waals surface area contributed by atoms with Crippen LogP contribution in [0.4, 0.5) is 11.4 Å². The Morgan fingerprint density at radius 2 is 1.96 bits per heavy atom. The Balaban J connectivity index is 1.59. The monoisotopic (exact) mass is 349 g/mol. The van der Waals surface area contributed by atoms with E-state index in [0.717, 1.165) is 37.2 Å². The first-order chi connectivity index (χ1) is 12.6. The Bertz CT molecular complexity index is 860. The van der Waals surface area contributed by atoms with Crippen molar-refractivity contribution >= 4 is 23.2 Å². The van der Waals surface area contributed by atoms with Gasteiger partial charge in [-0.15, -0.1) is 0 Å². The molecule has 1 fully saturated rings. The number of hydrogen-bond acceptors (Lipinski definition) is 3. The zero-order valence-electron chi connectivity index (χ0n) is 15.2. The molecular weight excluding hydrogens is 326 g/mol. The number of nitrogens with one attached hydrogen (secondary N) is 1. The summed E-state index contributed by atoms with van der Waals surface area (Å²) in [6.07, 6.45) is 3.07. The lowest BCUT2D eigenvalue weighted by Crippen LogP contribution is -2.50. The third-order valence-corrected chi connectivity index (χ3v) is 5.42. The Hall–Kier alpha value is -2.82. The van der Waals surface area contributed by atoms with Crippen molar-refractivity contribution in [2.45, 2.75) is 32.4 Å². The minimum atomic E-state index is -0.160. The second-order valence-electron chi connectivity index (χ2n) is 6.97. The molecule has 5 heteroatoms. The van der Waals surface area contributed by atoms with Crippen LogP contribution in [0.5, 0.6) is 0 Å². The minimum absolute atomic E-state index is 0.0720. The highest BCUT2D eigenvalue weighted by atomic mass is 16.2. The molecule has 0 saturated carbocycles. The Kier molecular flexibility index (Phi) is 4.15. The molecule has 0 aromatic heterocycles. The number of amides is 2. The van der Waals surface area contributed by atoms with Gasteiger partial charge < -0.3 is 15.1 Å². The van der Waals surface area contributed by atoms with Crippen molar-refractivity contribution in [3.05, 3.63) is 59.2 Å². The van der Waals surface area contributed by atoms with E-state index in [1.807, 2.05) is 42.3 Å². The van der Waals surface area contributed by atoms with Gasteiger partial charge in [0.05, 0.1) is 11.3 Å². The maximum atomic E-state index is 12.7. The molecule has 0 unspecified atom stereocenters. The van der Waals surface area contributed by atoms with E-state index >= 15 is 0 Å². The lowest BCUT2D eigenvalue weighted by molar-refractivity contribution is 0.0719. The molecule has 0 spiro atoms. The smallest absolute Gasteiger partial charge is 0.257 e. The van der Waals surface area contributed by atoms with Crippen molar-refractivity contribution in [1.82, 2.24) is 4.90 Å². The Morgan fingerprint density at radius 1 is 1.19 bits per heavy atom. The highest BCUT2D eigenvalue weighted by molar-refractivity contribution is 6.08. The molecule has 2 heterocycles. The highest BCUT2D eigenvalue weighted by Crippen LogP contribution is 2.35. The van der Waals surface area contributed by atoms with Gasteiger partial charge in [0, 0.05) is 24.8 Å². The third-order valence-electron chi connectivity index (χ3n) is 5.42. The Morgan fingerprint density at radius 3 is 2.69 bits per heavy atom. The molecule has 26 heavy (non-hydrogen) atoms. The van der Waals surface area contributed by atoms with Crippen molar-refractivity contribution in [3.63, 3.8) is 0 Å². The van der Waals surface area contributed by atoms with Crippen LogP contribution in [0, 0.1) is 0 Å². The number of aryl methyl sites for hydroxylation is 1. The summed E-state index contributed by atoms with van der Waals surface area (Å²) in [5, 5.41) is 2.94. The second kappa shape index (κ2) is 6.48. The molecule has 4 rings (SSSR count). The summed E-state index contributed by atoms with van der Waals surface area (Å²) in [5.41, 5.74) is 4.09. The van der Waals surface area contributed by atoms with Crippen LogP contribution in [0.1, 0.15) is 46.0 Å². The van der Waals surface area contributed by atoms with Crippen molar-refractivity contribution < 1.29 is 9.59 Å². The minimum Gasteiger partial charge on any atom is -0.354 e. The maximum absolute atomic E-state index is 12.7. The van der Waals surface area contributed by atoms with Gasteiger partial charge in [0.25, 0.3) is 11.8 Å². The summed E-state index contributed by atoms with van der Waals surface area (Å²) >= 11 is 0. The molecule has 1 saturated heterocycles. The fourth-order valence-corrected chi connectivity index (χ4v) is 3.88. The van der Waals surface area contributed by atoms with Gasteiger partial charge in [0.2, 0.25) is 0 Å². The summed E-state index contributed by atoms with van der Waals surface area (Å²) in [5.74, 6) is -0.0885. The van der Waals surface area contributed by atoms with Crippen LogP contribution >= 0.6 is 0 Å². The molecule has 0 bridgehead atoms. The predicted molar refractivity (Wildman–Crippen MR) is 103 cm³/mol. The van der Waals surface area contributed by atoms with Crippen LogP contribution in [0.15, 0.2) is 42.5 Å². The van der Waals surface area contributed by atoms with E-state index in [4.69, 9.17) is 0 Å². The van der Waals surface area contributed by atoms with Gasteiger partial charge in [-0.2, -0.15) is 0 Å². The van der Waals surface area contributed by atoms with Gasteiger partial charge in [-0.1, -0.05) is 19.1 Å². The lowest BCUT2D eigenvalue weighted by atomic mass is 10.0. The van der Waals surface area contributed by atoms with E-state index in [1.54, 1.807) is 12.1 Å². The largest absolute Gasteiger partial charge is 0.354 e. The maximum Gasteiger partial charge on any atom is 0.257 e. The van der Waals surface area contributed by atoms with Crippen LogP contribution < -0.4 is 10.2 Å². The number of rotatable bonds is 3. The second-order valence-corrected chi connectivity index (χ2v) is 6.97. The number of benzene rings is 2. The molecule has 0 aliphatic carbocycles. The molecule has 134 valence electrons. The van der Waals surface area contributed by atoms with Gasteiger partial charge in [0.1, 0.15) is 6.17 Å². The number of carbonyl (C=O) groups excluding carboxylic acids is 2. The zero-order chi connectivity index (χ0) is 18.3. The fraction of sp³-hybridized carbons (Fsp3) is 0.333. The molecule has 5 nitrogen and oxygen atoms in total. The summed E-state index contributed by atoms with van der Waals surface area (Å²) < 4.78 is 0. The van der Waals surface area contributed by atoms with Crippen molar-refractivity contribution in [2.75, 3.05) is 23.8 Å². The summed E-state index contributed by atoms with van der Waals surface area (Å²) in [4.78, 5) is 29.4. The lowest BCUT2D eigenvalue weighted by Gasteiger charge is -2.40. The van der Waals surface area contributed by atoms with E-state index < -0.39 is 0 Å². The molecule has 2 aromatic carbocycles. The SMILES string of the molecule is CCc1ccc(NC(=O)c2ccc3c(c2)N(C)[C@@H]2CCCN2C3=O)cc1. The number of nitrogens with zero attached hydrogens (tertiary/aromatic N) is 2. The summed E-state index contributed by atoms with van der Waals surface area (Å²) in [6, 6.07) is 13.2. The molecule has 2 aromatic rings. The number of carbonyl (C=O) groups is 2. The van der Waals surface area contributed by atoms with Crippen LogP contribution in [0.3, 0.4) is 0 Å². The van der Waals surface area contributed by atoms with Gasteiger partial charge >= 0.3 is 0 Å². The van der Waals surface area contributed by atoms with E-state index in [-0.39, 0.29) is 18.0 Å². The van der Waals surface area contributed by atoms with Crippen LogP contribution in [-0.2, 0) is 6.42 Å².